The third-order valence-corrected chi connectivity index (χ3v) is 1.90. The summed E-state index contributed by atoms with van der Waals surface area (Å²) in [7, 11) is 2.06. The van der Waals surface area contributed by atoms with E-state index in [0.717, 1.165) is 30.4 Å². The van der Waals surface area contributed by atoms with Crippen LogP contribution in [0.25, 0.3) is 0 Å². The topological polar surface area (TPSA) is 16.4 Å². The van der Waals surface area contributed by atoms with Gasteiger partial charge >= 0.3 is 0 Å². The van der Waals surface area contributed by atoms with Crippen LogP contribution in [0.15, 0.2) is 16.5 Å². The van der Waals surface area contributed by atoms with Gasteiger partial charge in [-0.05, 0) is 26.1 Å². The van der Waals surface area contributed by atoms with Crippen molar-refractivity contribution in [3.8, 4) is 0 Å². The minimum Gasteiger partial charge on any atom is -0.465 e. The second-order valence-electron chi connectivity index (χ2n) is 2.97. The van der Waals surface area contributed by atoms with Crippen LogP contribution in [0.3, 0.4) is 0 Å². The molecule has 0 radical (unpaired) electrons. The molecule has 12 heavy (non-hydrogen) atoms. The summed E-state index contributed by atoms with van der Waals surface area (Å²) >= 11 is 4.16. The minimum atomic E-state index is 0.869. The maximum Gasteiger partial charge on any atom is 0.118 e. The van der Waals surface area contributed by atoms with E-state index in [2.05, 4.69) is 24.6 Å². The van der Waals surface area contributed by atoms with Gasteiger partial charge in [-0.2, -0.15) is 12.6 Å². The van der Waals surface area contributed by atoms with E-state index in [0.29, 0.717) is 0 Å². The fraction of sp³-hybridized carbons (Fsp3) is 0.556. The number of hydrogen-bond acceptors (Lipinski definition) is 3. The molecule has 0 aliphatic rings. The summed E-state index contributed by atoms with van der Waals surface area (Å²) in [6, 6.07) is 4.01. The second kappa shape index (κ2) is 4.58. The Bertz CT molecular complexity index is 234. The van der Waals surface area contributed by atoms with Crippen molar-refractivity contribution in [3.05, 3.63) is 23.7 Å². The Morgan fingerprint density at radius 3 is 2.75 bits per heavy atom. The van der Waals surface area contributed by atoms with Gasteiger partial charge < -0.3 is 4.42 Å². The van der Waals surface area contributed by atoms with Crippen LogP contribution in [0.5, 0.6) is 0 Å². The Hall–Kier alpha value is -0.410. The monoisotopic (exact) mass is 185 g/mol. The molecule has 0 fully saturated rings. The highest BCUT2D eigenvalue weighted by molar-refractivity contribution is 7.80. The van der Waals surface area contributed by atoms with Gasteiger partial charge in [0.15, 0.2) is 0 Å². The third-order valence-electron chi connectivity index (χ3n) is 1.70. The minimum absolute atomic E-state index is 0.869. The van der Waals surface area contributed by atoms with Crippen LogP contribution in [0, 0.1) is 6.92 Å². The molecule has 1 heterocycles. The normalized spacial score (nSPS) is 11.0. The summed E-state index contributed by atoms with van der Waals surface area (Å²) in [5, 5.41) is 0. The first-order chi connectivity index (χ1) is 5.72. The standard InChI is InChI=1S/C9H15NOS/c1-8-3-4-9(11-8)7-10(2)5-6-12/h3-4,12H,5-7H2,1-2H3. The highest BCUT2D eigenvalue weighted by atomic mass is 32.1. The van der Waals surface area contributed by atoms with Gasteiger partial charge in [-0.1, -0.05) is 0 Å². The lowest BCUT2D eigenvalue weighted by atomic mass is 10.4. The zero-order valence-electron chi connectivity index (χ0n) is 7.58. The fourth-order valence-corrected chi connectivity index (χ4v) is 1.43. The van der Waals surface area contributed by atoms with Crippen molar-refractivity contribution in [2.75, 3.05) is 19.3 Å². The van der Waals surface area contributed by atoms with Gasteiger partial charge in [-0.15, -0.1) is 0 Å². The average molecular weight is 185 g/mol. The zero-order chi connectivity index (χ0) is 8.97. The average Bonchev–Trinajstić information content (AvgIpc) is 2.36. The van der Waals surface area contributed by atoms with E-state index in [1.165, 1.54) is 0 Å². The first kappa shape index (κ1) is 9.68. The summed E-state index contributed by atoms with van der Waals surface area (Å²) in [5.74, 6) is 2.89. The molecule has 0 aromatic carbocycles. The van der Waals surface area contributed by atoms with Gasteiger partial charge in [0.1, 0.15) is 11.5 Å². The van der Waals surface area contributed by atoms with E-state index in [9.17, 15) is 0 Å². The van der Waals surface area contributed by atoms with Gasteiger partial charge in [-0.3, -0.25) is 4.90 Å². The molecule has 3 heteroatoms. The molecule has 1 rings (SSSR count). The van der Waals surface area contributed by atoms with E-state index in [1.54, 1.807) is 0 Å². The van der Waals surface area contributed by atoms with Crippen molar-refractivity contribution in [1.82, 2.24) is 4.90 Å². The Morgan fingerprint density at radius 2 is 2.25 bits per heavy atom. The molecule has 0 bridgehead atoms. The van der Waals surface area contributed by atoms with Crippen LogP contribution in [0.4, 0.5) is 0 Å². The van der Waals surface area contributed by atoms with Crippen LogP contribution in [0.1, 0.15) is 11.5 Å². The SMILES string of the molecule is Cc1ccc(CN(C)CCS)o1. The smallest absolute Gasteiger partial charge is 0.118 e. The number of thiol groups is 1. The summed E-state index contributed by atoms with van der Waals surface area (Å²) in [6.07, 6.45) is 0. The van der Waals surface area contributed by atoms with E-state index in [4.69, 9.17) is 4.42 Å². The molecule has 0 aliphatic carbocycles. The number of furan rings is 1. The predicted molar refractivity (Wildman–Crippen MR) is 53.6 cm³/mol. The van der Waals surface area contributed by atoms with Gasteiger partial charge in [-0.25, -0.2) is 0 Å². The lowest BCUT2D eigenvalue weighted by Crippen LogP contribution is -2.19. The highest BCUT2D eigenvalue weighted by Crippen LogP contribution is 2.08. The Kier molecular flexibility index (Phi) is 3.69. The van der Waals surface area contributed by atoms with Crippen LogP contribution < -0.4 is 0 Å². The quantitative estimate of drug-likeness (QED) is 0.722. The summed E-state index contributed by atoms with van der Waals surface area (Å²) in [5.41, 5.74) is 0. The molecule has 0 amide bonds. The molecule has 2 nitrogen and oxygen atoms in total. The van der Waals surface area contributed by atoms with E-state index < -0.39 is 0 Å². The van der Waals surface area contributed by atoms with E-state index in [1.807, 2.05) is 19.1 Å². The second-order valence-corrected chi connectivity index (χ2v) is 3.42. The molecule has 1 aromatic rings. The predicted octanol–water partition coefficient (Wildman–Crippen LogP) is 1.95. The summed E-state index contributed by atoms with van der Waals surface area (Å²) < 4.78 is 5.43. The Morgan fingerprint density at radius 1 is 1.50 bits per heavy atom. The van der Waals surface area contributed by atoms with Crippen LogP contribution >= 0.6 is 12.6 Å². The van der Waals surface area contributed by atoms with Crippen LogP contribution in [-0.4, -0.2) is 24.2 Å². The zero-order valence-corrected chi connectivity index (χ0v) is 8.47. The maximum absolute atomic E-state index is 5.43. The van der Waals surface area contributed by atoms with E-state index >= 15 is 0 Å². The number of aryl methyl sites for hydroxylation is 1. The van der Waals surface area contributed by atoms with Crippen molar-refractivity contribution in [3.63, 3.8) is 0 Å². The molecule has 0 aliphatic heterocycles. The third kappa shape index (κ3) is 2.91. The molecule has 0 unspecified atom stereocenters. The van der Waals surface area contributed by atoms with Crippen molar-refractivity contribution in [1.29, 1.82) is 0 Å². The Balaban J connectivity index is 2.41. The van der Waals surface area contributed by atoms with Gasteiger partial charge in [0, 0.05) is 12.3 Å². The highest BCUT2D eigenvalue weighted by Gasteiger charge is 2.01. The van der Waals surface area contributed by atoms with Crippen molar-refractivity contribution in [2.24, 2.45) is 0 Å². The van der Waals surface area contributed by atoms with Crippen LogP contribution in [-0.2, 0) is 6.54 Å². The van der Waals surface area contributed by atoms with E-state index in [-0.39, 0.29) is 0 Å². The molecule has 0 spiro atoms. The summed E-state index contributed by atoms with van der Waals surface area (Å²) in [4.78, 5) is 2.19. The fourth-order valence-electron chi connectivity index (χ4n) is 1.09. The molecule has 0 N–H and O–H groups in total. The molecule has 1 aromatic heterocycles. The molecule has 68 valence electrons. The van der Waals surface area contributed by atoms with Gasteiger partial charge in [0.25, 0.3) is 0 Å². The largest absolute Gasteiger partial charge is 0.465 e. The molecular formula is C9H15NOS. The molecule has 0 saturated carbocycles. The van der Waals surface area contributed by atoms with Gasteiger partial charge in [0.05, 0.1) is 6.54 Å². The lowest BCUT2D eigenvalue weighted by Gasteiger charge is -2.12. The number of hydrogen-bond donors (Lipinski definition) is 1. The number of rotatable bonds is 4. The summed E-state index contributed by atoms with van der Waals surface area (Å²) in [6.45, 7) is 3.82. The molecule has 0 saturated heterocycles. The van der Waals surface area contributed by atoms with Crippen LogP contribution in [0.2, 0.25) is 0 Å². The maximum atomic E-state index is 5.43. The van der Waals surface area contributed by atoms with Crippen molar-refractivity contribution >= 4 is 12.6 Å². The van der Waals surface area contributed by atoms with Crippen molar-refractivity contribution < 1.29 is 4.42 Å². The van der Waals surface area contributed by atoms with Crippen molar-refractivity contribution in [2.45, 2.75) is 13.5 Å². The lowest BCUT2D eigenvalue weighted by molar-refractivity contribution is 0.308. The number of nitrogens with zero attached hydrogens (tertiary/aromatic N) is 1. The first-order valence-corrected chi connectivity index (χ1v) is 4.70. The first-order valence-electron chi connectivity index (χ1n) is 4.07. The van der Waals surface area contributed by atoms with Gasteiger partial charge in [0.2, 0.25) is 0 Å². The molecule has 0 atom stereocenters. The molecular weight excluding hydrogens is 170 g/mol. The Labute approximate surface area is 79.0 Å².